The van der Waals surface area contributed by atoms with Gasteiger partial charge in [0.05, 0.1) is 6.61 Å². The van der Waals surface area contributed by atoms with Crippen molar-refractivity contribution in [3.8, 4) is 5.88 Å². The van der Waals surface area contributed by atoms with Crippen molar-refractivity contribution in [2.24, 2.45) is 0 Å². The second-order valence-electron chi connectivity index (χ2n) is 4.27. The lowest BCUT2D eigenvalue weighted by Gasteiger charge is -2.24. The van der Waals surface area contributed by atoms with Crippen LogP contribution in [-0.4, -0.2) is 29.2 Å². The highest BCUT2D eigenvalue weighted by molar-refractivity contribution is 5.68. The molecule has 1 fully saturated rings. The molecule has 1 aromatic rings. The van der Waals surface area contributed by atoms with Crippen molar-refractivity contribution in [3.63, 3.8) is 0 Å². The average Bonchev–Trinajstić information content (AvgIpc) is 3.14. The van der Waals surface area contributed by atoms with Gasteiger partial charge < -0.3 is 15.4 Å². The summed E-state index contributed by atoms with van der Waals surface area (Å²) in [6, 6.07) is 0.599. The topological polar surface area (TPSA) is 64.3 Å². The first-order valence-electron chi connectivity index (χ1n) is 6.27. The highest BCUT2D eigenvalue weighted by Gasteiger charge is 2.31. The molecule has 0 spiro atoms. The Morgan fingerprint density at radius 1 is 1.41 bits per heavy atom. The molecule has 0 atom stereocenters. The monoisotopic (exact) mass is 236 g/mol. The summed E-state index contributed by atoms with van der Waals surface area (Å²) in [5.41, 5.74) is 6.64. The van der Waals surface area contributed by atoms with E-state index in [1.165, 1.54) is 19.2 Å². The van der Waals surface area contributed by atoms with Crippen LogP contribution in [0.1, 0.15) is 33.1 Å². The molecule has 1 aliphatic carbocycles. The van der Waals surface area contributed by atoms with Gasteiger partial charge in [-0.05, 0) is 26.2 Å². The van der Waals surface area contributed by atoms with E-state index in [1.807, 2.05) is 6.92 Å². The fourth-order valence-corrected chi connectivity index (χ4v) is 1.94. The molecule has 1 aliphatic rings. The maximum atomic E-state index is 6.07. The van der Waals surface area contributed by atoms with E-state index < -0.39 is 0 Å². The van der Waals surface area contributed by atoms with Gasteiger partial charge in [0.15, 0.2) is 5.82 Å². The minimum Gasteiger partial charge on any atom is -0.476 e. The molecule has 0 saturated heterocycles. The third kappa shape index (κ3) is 2.60. The second kappa shape index (κ2) is 5.21. The summed E-state index contributed by atoms with van der Waals surface area (Å²) in [5.74, 6) is 1.33. The van der Waals surface area contributed by atoms with Crippen molar-refractivity contribution in [1.29, 1.82) is 0 Å². The lowest BCUT2D eigenvalue weighted by molar-refractivity contribution is 0.328. The molecule has 0 radical (unpaired) electrons. The predicted octanol–water partition coefficient (Wildman–Crippen LogP) is 1.84. The molecular weight excluding hydrogens is 216 g/mol. The van der Waals surface area contributed by atoms with E-state index in [2.05, 4.69) is 21.8 Å². The van der Waals surface area contributed by atoms with Crippen molar-refractivity contribution < 1.29 is 4.74 Å². The largest absolute Gasteiger partial charge is 0.476 e. The third-order valence-corrected chi connectivity index (χ3v) is 2.83. The Kier molecular flexibility index (Phi) is 3.66. The Labute approximate surface area is 102 Å². The molecule has 1 heterocycles. The van der Waals surface area contributed by atoms with Gasteiger partial charge in [-0.3, -0.25) is 0 Å². The molecule has 5 nitrogen and oxygen atoms in total. The number of nitrogens with two attached hydrogens (primary N) is 1. The van der Waals surface area contributed by atoms with Crippen molar-refractivity contribution in [2.75, 3.05) is 23.8 Å². The zero-order chi connectivity index (χ0) is 12.3. The van der Waals surface area contributed by atoms with Gasteiger partial charge in [0, 0.05) is 12.6 Å². The summed E-state index contributed by atoms with van der Waals surface area (Å²) in [5, 5.41) is 0. The summed E-state index contributed by atoms with van der Waals surface area (Å²) < 4.78 is 5.40. The molecule has 1 aromatic heterocycles. The number of aromatic nitrogens is 2. The molecule has 94 valence electrons. The van der Waals surface area contributed by atoms with E-state index in [-0.39, 0.29) is 0 Å². The van der Waals surface area contributed by atoms with Crippen LogP contribution in [0, 0.1) is 0 Å². The fraction of sp³-hybridized carbons (Fsp3) is 0.667. The lowest BCUT2D eigenvalue weighted by atomic mass is 10.3. The maximum absolute atomic E-state index is 6.07. The summed E-state index contributed by atoms with van der Waals surface area (Å²) in [4.78, 5) is 10.7. The first-order valence-corrected chi connectivity index (χ1v) is 6.27. The van der Waals surface area contributed by atoms with Gasteiger partial charge in [0.2, 0.25) is 5.88 Å². The van der Waals surface area contributed by atoms with Crippen molar-refractivity contribution in [1.82, 2.24) is 9.97 Å². The van der Waals surface area contributed by atoms with Gasteiger partial charge >= 0.3 is 0 Å². The summed E-state index contributed by atoms with van der Waals surface area (Å²) in [6.45, 7) is 5.64. The van der Waals surface area contributed by atoms with Crippen LogP contribution in [-0.2, 0) is 0 Å². The molecule has 0 unspecified atom stereocenters. The number of anilines is 2. The smallest absolute Gasteiger partial charge is 0.242 e. The van der Waals surface area contributed by atoms with Gasteiger partial charge in [-0.25, -0.2) is 4.98 Å². The summed E-state index contributed by atoms with van der Waals surface area (Å²) in [6.07, 6.45) is 5.08. The summed E-state index contributed by atoms with van der Waals surface area (Å²) >= 11 is 0. The van der Waals surface area contributed by atoms with E-state index in [0.29, 0.717) is 24.2 Å². The molecular formula is C12H20N4O. The Hall–Kier alpha value is -1.52. The Bertz CT molecular complexity index is 379. The van der Waals surface area contributed by atoms with E-state index in [0.717, 1.165) is 18.8 Å². The van der Waals surface area contributed by atoms with Gasteiger partial charge in [-0.1, -0.05) is 6.92 Å². The van der Waals surface area contributed by atoms with Crippen LogP contribution >= 0.6 is 0 Å². The number of hydrogen-bond donors (Lipinski definition) is 1. The number of hydrogen-bond acceptors (Lipinski definition) is 5. The molecule has 0 aromatic carbocycles. The Balaban J connectivity index is 2.25. The molecule has 0 aliphatic heterocycles. The van der Waals surface area contributed by atoms with Crippen molar-refractivity contribution in [2.45, 2.75) is 39.2 Å². The normalized spacial score (nSPS) is 14.7. The van der Waals surface area contributed by atoms with Gasteiger partial charge in [0.25, 0.3) is 0 Å². The number of nitrogen functional groups attached to an aromatic ring is 1. The third-order valence-electron chi connectivity index (χ3n) is 2.83. The molecule has 2 rings (SSSR count). The molecule has 17 heavy (non-hydrogen) atoms. The Morgan fingerprint density at radius 2 is 2.18 bits per heavy atom. The van der Waals surface area contributed by atoms with Gasteiger partial charge in [-0.15, -0.1) is 0 Å². The highest BCUT2D eigenvalue weighted by Crippen LogP contribution is 2.36. The van der Waals surface area contributed by atoms with Crippen LogP contribution in [0.4, 0.5) is 11.5 Å². The van der Waals surface area contributed by atoms with Crippen LogP contribution in [0.2, 0.25) is 0 Å². The molecule has 1 saturated carbocycles. The van der Waals surface area contributed by atoms with E-state index in [4.69, 9.17) is 10.5 Å². The van der Waals surface area contributed by atoms with Crippen LogP contribution in [0.5, 0.6) is 5.88 Å². The first kappa shape index (κ1) is 12.0. The number of ether oxygens (including phenoxy) is 1. The van der Waals surface area contributed by atoms with Crippen LogP contribution in [0.15, 0.2) is 6.33 Å². The number of rotatable bonds is 6. The van der Waals surface area contributed by atoms with Gasteiger partial charge in [-0.2, -0.15) is 4.98 Å². The Morgan fingerprint density at radius 3 is 2.76 bits per heavy atom. The second-order valence-corrected chi connectivity index (χ2v) is 4.27. The zero-order valence-electron chi connectivity index (χ0n) is 10.5. The lowest BCUT2D eigenvalue weighted by Crippen LogP contribution is -2.28. The van der Waals surface area contributed by atoms with Crippen molar-refractivity contribution >= 4 is 11.5 Å². The van der Waals surface area contributed by atoms with Gasteiger partial charge in [0.1, 0.15) is 12.0 Å². The molecule has 0 amide bonds. The minimum absolute atomic E-state index is 0.499. The number of nitrogens with zero attached hydrogens (tertiary/aromatic N) is 3. The van der Waals surface area contributed by atoms with Crippen molar-refractivity contribution in [3.05, 3.63) is 6.33 Å². The zero-order valence-corrected chi connectivity index (χ0v) is 10.5. The highest BCUT2D eigenvalue weighted by atomic mass is 16.5. The quantitative estimate of drug-likeness (QED) is 0.816. The van der Waals surface area contributed by atoms with Crippen LogP contribution in [0.25, 0.3) is 0 Å². The first-order chi connectivity index (χ1) is 8.27. The fourth-order valence-electron chi connectivity index (χ4n) is 1.94. The SMILES string of the molecule is CCCN(c1ncnc(OCC)c1N)C1CC1. The molecule has 5 heteroatoms. The molecule has 0 bridgehead atoms. The average molecular weight is 236 g/mol. The molecule has 2 N–H and O–H groups in total. The van der Waals surface area contributed by atoms with E-state index >= 15 is 0 Å². The van der Waals surface area contributed by atoms with E-state index in [1.54, 1.807) is 0 Å². The predicted molar refractivity (Wildman–Crippen MR) is 68.3 cm³/mol. The van der Waals surface area contributed by atoms with Crippen LogP contribution < -0.4 is 15.4 Å². The minimum atomic E-state index is 0.499. The standard InChI is InChI=1S/C12H20N4O/c1-3-7-16(9-5-6-9)11-10(13)12(17-4-2)15-8-14-11/h8-9H,3-7,13H2,1-2H3. The summed E-state index contributed by atoms with van der Waals surface area (Å²) in [7, 11) is 0. The van der Waals surface area contributed by atoms with E-state index in [9.17, 15) is 0 Å². The van der Waals surface area contributed by atoms with Crippen LogP contribution in [0.3, 0.4) is 0 Å². The maximum Gasteiger partial charge on any atom is 0.242 e.